The van der Waals surface area contributed by atoms with Gasteiger partial charge in [0.15, 0.2) is 0 Å². The maximum absolute atomic E-state index is 5.57. The fraction of sp³-hybridized carbons (Fsp3) is 1.00. The van der Waals surface area contributed by atoms with Gasteiger partial charge < -0.3 is 14.8 Å². The van der Waals surface area contributed by atoms with Gasteiger partial charge in [0.05, 0.1) is 13.2 Å². The Morgan fingerprint density at radius 2 is 1.88 bits per heavy atom. The Morgan fingerprint density at radius 3 is 2.62 bits per heavy atom. The lowest BCUT2D eigenvalue weighted by Crippen LogP contribution is -2.32. The number of rotatable bonds is 9. The van der Waals surface area contributed by atoms with E-state index in [0.29, 0.717) is 0 Å². The molecule has 0 saturated heterocycles. The molecule has 96 valence electrons. The molecule has 16 heavy (non-hydrogen) atoms. The molecule has 0 aromatic carbocycles. The predicted molar refractivity (Wildman–Crippen MR) is 66.7 cm³/mol. The summed E-state index contributed by atoms with van der Waals surface area (Å²) in [6.45, 7) is 8.44. The lowest BCUT2D eigenvalue weighted by Gasteiger charge is -2.20. The molecule has 2 atom stereocenters. The van der Waals surface area contributed by atoms with Crippen molar-refractivity contribution in [3.8, 4) is 0 Å². The molecule has 3 heteroatoms. The lowest BCUT2D eigenvalue weighted by molar-refractivity contribution is 0.0466. The van der Waals surface area contributed by atoms with Gasteiger partial charge in [0.1, 0.15) is 0 Å². The van der Waals surface area contributed by atoms with Crippen LogP contribution >= 0.6 is 0 Å². The highest BCUT2D eigenvalue weighted by Crippen LogP contribution is 2.28. The van der Waals surface area contributed by atoms with Gasteiger partial charge in [-0.25, -0.2) is 0 Å². The lowest BCUT2D eigenvalue weighted by atomic mass is 10.0. The van der Waals surface area contributed by atoms with Crippen molar-refractivity contribution < 1.29 is 9.47 Å². The molecule has 0 aliphatic heterocycles. The number of hydrogen-bond donors (Lipinski definition) is 1. The SMILES string of the molecule is CCNC1CCCC1CCOCCOCC. The summed E-state index contributed by atoms with van der Waals surface area (Å²) in [4.78, 5) is 0. The maximum atomic E-state index is 5.57. The Kier molecular flexibility index (Phi) is 7.81. The third kappa shape index (κ3) is 5.28. The van der Waals surface area contributed by atoms with E-state index < -0.39 is 0 Å². The summed E-state index contributed by atoms with van der Waals surface area (Å²) in [5.74, 6) is 0.826. The van der Waals surface area contributed by atoms with Crippen molar-refractivity contribution in [2.24, 2.45) is 5.92 Å². The second-order valence-corrected chi connectivity index (χ2v) is 4.45. The second-order valence-electron chi connectivity index (χ2n) is 4.45. The van der Waals surface area contributed by atoms with Crippen LogP contribution in [-0.2, 0) is 9.47 Å². The summed E-state index contributed by atoms with van der Waals surface area (Å²) in [7, 11) is 0. The van der Waals surface area contributed by atoms with Gasteiger partial charge in [0.25, 0.3) is 0 Å². The quantitative estimate of drug-likeness (QED) is 0.615. The minimum Gasteiger partial charge on any atom is -0.379 e. The van der Waals surface area contributed by atoms with E-state index in [1.54, 1.807) is 0 Å². The molecule has 0 bridgehead atoms. The Bertz CT molecular complexity index is 164. The van der Waals surface area contributed by atoms with Gasteiger partial charge in [-0.3, -0.25) is 0 Å². The van der Waals surface area contributed by atoms with Gasteiger partial charge in [-0.15, -0.1) is 0 Å². The zero-order valence-corrected chi connectivity index (χ0v) is 10.8. The average Bonchev–Trinajstić information content (AvgIpc) is 2.72. The van der Waals surface area contributed by atoms with Crippen LogP contribution in [0.15, 0.2) is 0 Å². The largest absolute Gasteiger partial charge is 0.379 e. The number of nitrogens with one attached hydrogen (secondary N) is 1. The molecule has 2 unspecified atom stereocenters. The smallest absolute Gasteiger partial charge is 0.0700 e. The van der Waals surface area contributed by atoms with E-state index in [-0.39, 0.29) is 0 Å². The Morgan fingerprint density at radius 1 is 1.06 bits per heavy atom. The molecule has 0 heterocycles. The fourth-order valence-corrected chi connectivity index (χ4v) is 2.51. The molecule has 0 amide bonds. The first-order chi connectivity index (χ1) is 7.88. The molecule has 0 spiro atoms. The molecule has 1 aliphatic rings. The standard InChI is InChI=1S/C13H27NO2/c1-3-14-13-7-5-6-12(13)8-9-16-11-10-15-4-2/h12-14H,3-11H2,1-2H3. The van der Waals surface area contributed by atoms with E-state index in [1.807, 2.05) is 6.92 Å². The minimum absolute atomic E-state index is 0.734. The predicted octanol–water partition coefficient (Wildman–Crippen LogP) is 2.21. The molecule has 1 saturated carbocycles. The Hall–Kier alpha value is -0.120. The van der Waals surface area contributed by atoms with Gasteiger partial charge in [-0.05, 0) is 38.6 Å². The van der Waals surface area contributed by atoms with E-state index in [0.717, 1.165) is 44.9 Å². The van der Waals surface area contributed by atoms with E-state index in [2.05, 4.69) is 12.2 Å². The fourth-order valence-electron chi connectivity index (χ4n) is 2.51. The molecule has 0 aromatic heterocycles. The van der Waals surface area contributed by atoms with Crippen LogP contribution in [0.2, 0.25) is 0 Å². The van der Waals surface area contributed by atoms with E-state index in [4.69, 9.17) is 9.47 Å². The topological polar surface area (TPSA) is 30.5 Å². The van der Waals surface area contributed by atoms with E-state index >= 15 is 0 Å². The normalized spacial score (nSPS) is 25.1. The number of ether oxygens (including phenoxy) is 2. The molecule has 1 aliphatic carbocycles. The third-order valence-corrected chi connectivity index (χ3v) is 3.33. The highest BCUT2D eigenvalue weighted by Gasteiger charge is 2.25. The van der Waals surface area contributed by atoms with Crippen molar-refractivity contribution in [2.45, 2.75) is 45.6 Å². The van der Waals surface area contributed by atoms with Crippen molar-refractivity contribution >= 4 is 0 Å². The molecule has 0 radical (unpaired) electrons. The minimum atomic E-state index is 0.734. The first kappa shape index (κ1) is 13.9. The average molecular weight is 229 g/mol. The molecular weight excluding hydrogens is 202 g/mol. The van der Waals surface area contributed by atoms with Crippen molar-refractivity contribution in [3.05, 3.63) is 0 Å². The third-order valence-electron chi connectivity index (χ3n) is 3.33. The van der Waals surface area contributed by atoms with Crippen LogP contribution in [0.1, 0.15) is 39.5 Å². The summed E-state index contributed by atoms with van der Waals surface area (Å²) in [6, 6.07) is 0.737. The summed E-state index contributed by atoms with van der Waals surface area (Å²) < 4.78 is 10.8. The van der Waals surface area contributed by atoms with Crippen LogP contribution in [0.5, 0.6) is 0 Å². The van der Waals surface area contributed by atoms with Gasteiger partial charge in [-0.2, -0.15) is 0 Å². The van der Waals surface area contributed by atoms with Crippen LogP contribution in [0, 0.1) is 5.92 Å². The maximum Gasteiger partial charge on any atom is 0.0700 e. The Labute approximate surface area is 99.9 Å². The highest BCUT2D eigenvalue weighted by atomic mass is 16.5. The van der Waals surface area contributed by atoms with Gasteiger partial charge in [0, 0.05) is 19.3 Å². The van der Waals surface area contributed by atoms with Gasteiger partial charge >= 0.3 is 0 Å². The zero-order valence-electron chi connectivity index (χ0n) is 10.8. The van der Waals surface area contributed by atoms with Crippen molar-refractivity contribution in [1.29, 1.82) is 0 Å². The monoisotopic (exact) mass is 229 g/mol. The zero-order chi connectivity index (χ0) is 11.6. The van der Waals surface area contributed by atoms with Crippen LogP contribution in [0.3, 0.4) is 0 Å². The molecule has 3 nitrogen and oxygen atoms in total. The molecule has 1 rings (SSSR count). The highest BCUT2D eigenvalue weighted by molar-refractivity contribution is 4.82. The van der Waals surface area contributed by atoms with Crippen LogP contribution < -0.4 is 5.32 Å². The van der Waals surface area contributed by atoms with Gasteiger partial charge in [-0.1, -0.05) is 13.3 Å². The first-order valence-corrected chi connectivity index (χ1v) is 6.77. The van der Waals surface area contributed by atoms with Crippen LogP contribution in [0.4, 0.5) is 0 Å². The van der Waals surface area contributed by atoms with Crippen LogP contribution in [-0.4, -0.2) is 39.0 Å². The van der Waals surface area contributed by atoms with Crippen LogP contribution in [0.25, 0.3) is 0 Å². The summed E-state index contributed by atoms with van der Waals surface area (Å²) in [5, 5.41) is 3.58. The summed E-state index contributed by atoms with van der Waals surface area (Å²) in [5.41, 5.74) is 0. The van der Waals surface area contributed by atoms with E-state index in [9.17, 15) is 0 Å². The van der Waals surface area contributed by atoms with Gasteiger partial charge in [0.2, 0.25) is 0 Å². The molecule has 0 aromatic rings. The Balaban J connectivity index is 1.99. The van der Waals surface area contributed by atoms with Crippen molar-refractivity contribution in [3.63, 3.8) is 0 Å². The molecule has 1 fully saturated rings. The molecular formula is C13H27NO2. The van der Waals surface area contributed by atoms with E-state index in [1.165, 1.54) is 25.7 Å². The molecule has 1 N–H and O–H groups in total. The summed E-state index contributed by atoms with van der Waals surface area (Å²) >= 11 is 0. The second kappa shape index (κ2) is 8.97. The first-order valence-electron chi connectivity index (χ1n) is 6.77. The number of hydrogen-bond acceptors (Lipinski definition) is 3. The van der Waals surface area contributed by atoms with Crippen molar-refractivity contribution in [1.82, 2.24) is 5.32 Å². The van der Waals surface area contributed by atoms with Crippen molar-refractivity contribution in [2.75, 3.05) is 33.0 Å². The summed E-state index contributed by atoms with van der Waals surface area (Å²) in [6.07, 6.45) is 5.29.